The third kappa shape index (κ3) is 4.50. The monoisotopic (exact) mass is 427 g/mol. The van der Waals surface area contributed by atoms with Gasteiger partial charge >= 0.3 is 5.97 Å². The summed E-state index contributed by atoms with van der Waals surface area (Å²) in [5.41, 5.74) is 1.26. The van der Waals surface area contributed by atoms with Crippen LogP contribution in [0.3, 0.4) is 0 Å². The van der Waals surface area contributed by atoms with Gasteiger partial charge in [0.05, 0.1) is 16.2 Å². The summed E-state index contributed by atoms with van der Waals surface area (Å²) in [6, 6.07) is 16.0. The number of sulfonamides is 1. The third-order valence-corrected chi connectivity index (χ3v) is 7.30. The summed E-state index contributed by atoms with van der Waals surface area (Å²) in [7, 11) is -2.11. The van der Waals surface area contributed by atoms with E-state index in [9.17, 15) is 13.2 Å². The number of carbonyl (C=O) groups excluding carboxylic acids is 1. The molecule has 0 bridgehead atoms. The van der Waals surface area contributed by atoms with Gasteiger partial charge in [-0.15, -0.1) is 0 Å². The van der Waals surface area contributed by atoms with Gasteiger partial charge < -0.3 is 4.74 Å². The Labute approximate surface area is 179 Å². The van der Waals surface area contributed by atoms with E-state index in [1.165, 1.54) is 4.31 Å². The van der Waals surface area contributed by atoms with Crippen LogP contribution in [0.15, 0.2) is 71.3 Å². The second kappa shape index (κ2) is 8.36. The number of likely N-dealkylation sites (N-methyl/N-ethyl adjacent to an activating group) is 1. The van der Waals surface area contributed by atoms with Crippen LogP contribution in [0.2, 0.25) is 0 Å². The van der Waals surface area contributed by atoms with Gasteiger partial charge in [-0.25, -0.2) is 8.42 Å². The average molecular weight is 428 g/mol. The zero-order chi connectivity index (χ0) is 22.1. The molecule has 0 unspecified atom stereocenters. The largest absolute Gasteiger partial charge is 0.430 e. The van der Waals surface area contributed by atoms with Crippen LogP contribution in [0, 0.1) is 12.3 Å². The zero-order valence-electron chi connectivity index (χ0n) is 18.1. The van der Waals surface area contributed by atoms with E-state index in [4.69, 9.17) is 4.74 Å². The van der Waals surface area contributed by atoms with Gasteiger partial charge in [0.25, 0.3) is 0 Å². The van der Waals surface area contributed by atoms with E-state index in [2.05, 4.69) is 0 Å². The van der Waals surface area contributed by atoms with Gasteiger partial charge in [-0.3, -0.25) is 4.79 Å². The number of carbonyl (C=O) groups is 1. The molecule has 2 aromatic rings. The first-order chi connectivity index (χ1) is 14.0. The molecule has 0 heterocycles. The number of nitrogens with zero attached hydrogens (tertiary/aromatic N) is 1. The Morgan fingerprint density at radius 1 is 1.03 bits per heavy atom. The van der Waals surface area contributed by atoms with Crippen LogP contribution in [0.4, 0.5) is 0 Å². The molecule has 2 aromatic carbocycles. The Hall–Kier alpha value is -2.44. The number of rotatable bonds is 5. The summed E-state index contributed by atoms with van der Waals surface area (Å²) >= 11 is 0. The highest BCUT2D eigenvalue weighted by molar-refractivity contribution is 7.89. The van der Waals surface area contributed by atoms with Gasteiger partial charge in [0.15, 0.2) is 0 Å². The molecule has 0 N–H and O–H groups in total. The van der Waals surface area contributed by atoms with Crippen LogP contribution in [0.1, 0.15) is 44.2 Å². The van der Waals surface area contributed by atoms with Crippen molar-refractivity contribution in [1.82, 2.24) is 4.31 Å². The molecule has 1 aliphatic rings. The molecule has 6 heteroatoms. The maximum atomic E-state index is 13.3. The number of hydrogen-bond acceptors (Lipinski definition) is 4. The molecular formula is C24H29NO4S. The molecule has 2 atom stereocenters. The molecule has 5 nitrogen and oxygen atoms in total. The molecule has 0 spiro atoms. The van der Waals surface area contributed by atoms with Crippen molar-refractivity contribution in [3.8, 4) is 0 Å². The molecule has 0 saturated heterocycles. The summed E-state index contributed by atoms with van der Waals surface area (Å²) in [5.74, 6) is -0.181. The molecule has 0 fully saturated rings. The second-order valence-electron chi connectivity index (χ2n) is 8.77. The fourth-order valence-corrected chi connectivity index (χ4v) is 4.89. The van der Waals surface area contributed by atoms with Crippen molar-refractivity contribution in [3.63, 3.8) is 0 Å². The van der Waals surface area contributed by atoms with Gasteiger partial charge in [-0.2, -0.15) is 4.31 Å². The van der Waals surface area contributed by atoms with E-state index in [1.807, 2.05) is 43.3 Å². The first-order valence-corrected chi connectivity index (χ1v) is 11.5. The Morgan fingerprint density at radius 2 is 1.63 bits per heavy atom. The summed E-state index contributed by atoms with van der Waals surface area (Å²) in [4.78, 5) is 12.8. The van der Waals surface area contributed by atoms with Crippen LogP contribution in [0.5, 0.6) is 0 Å². The number of esters is 1. The number of aryl methyl sites for hydroxylation is 1. The van der Waals surface area contributed by atoms with Crippen molar-refractivity contribution in [3.05, 3.63) is 77.6 Å². The van der Waals surface area contributed by atoms with Crippen LogP contribution < -0.4 is 0 Å². The SMILES string of the molecule is Cc1ccc(S(=O)(=O)N(C)[C@H]2CC=C(OC(=O)C(C)(C)C)[C@@H]2c2ccccc2)cc1. The lowest BCUT2D eigenvalue weighted by atomic mass is 9.92. The topological polar surface area (TPSA) is 63.7 Å². The van der Waals surface area contributed by atoms with E-state index in [1.54, 1.807) is 52.1 Å². The fourth-order valence-electron chi connectivity index (χ4n) is 3.51. The van der Waals surface area contributed by atoms with E-state index < -0.39 is 15.4 Å². The average Bonchev–Trinajstić information content (AvgIpc) is 3.11. The Bertz CT molecular complexity index is 1030. The maximum absolute atomic E-state index is 13.3. The third-order valence-electron chi connectivity index (χ3n) is 5.40. The zero-order valence-corrected chi connectivity index (χ0v) is 18.9. The normalized spacial score (nSPS) is 19.6. The molecule has 0 radical (unpaired) electrons. The van der Waals surface area contributed by atoms with E-state index in [0.717, 1.165) is 11.1 Å². The Kier molecular flexibility index (Phi) is 6.20. The van der Waals surface area contributed by atoms with Crippen LogP contribution in [0.25, 0.3) is 0 Å². The molecule has 160 valence electrons. The van der Waals surface area contributed by atoms with Crippen LogP contribution in [-0.2, 0) is 19.6 Å². The highest BCUT2D eigenvalue weighted by Crippen LogP contribution is 2.41. The molecule has 0 amide bonds. The predicted octanol–water partition coefficient (Wildman–Crippen LogP) is 4.64. The number of ether oxygens (including phenoxy) is 1. The first kappa shape index (κ1) is 22.2. The Balaban J connectivity index is 1.95. The smallest absolute Gasteiger partial charge is 0.316 e. The quantitative estimate of drug-likeness (QED) is 0.652. The Morgan fingerprint density at radius 3 is 2.20 bits per heavy atom. The van der Waals surface area contributed by atoms with Crippen molar-refractivity contribution in [2.75, 3.05) is 7.05 Å². The molecule has 0 aromatic heterocycles. The lowest BCUT2D eigenvalue weighted by molar-refractivity contribution is -0.148. The van der Waals surface area contributed by atoms with Gasteiger partial charge in [-0.05, 0) is 57.9 Å². The summed E-state index contributed by atoms with van der Waals surface area (Å²) in [6.07, 6.45) is 2.31. The summed E-state index contributed by atoms with van der Waals surface area (Å²) in [6.45, 7) is 7.32. The molecule has 1 aliphatic carbocycles. The van der Waals surface area contributed by atoms with Crippen LogP contribution in [-0.4, -0.2) is 31.8 Å². The summed E-state index contributed by atoms with van der Waals surface area (Å²) in [5, 5.41) is 0. The molecule has 0 saturated carbocycles. The first-order valence-electron chi connectivity index (χ1n) is 10.0. The van der Waals surface area contributed by atoms with Crippen molar-refractivity contribution < 1.29 is 17.9 Å². The minimum absolute atomic E-state index is 0.252. The maximum Gasteiger partial charge on any atom is 0.316 e. The molecular weight excluding hydrogens is 398 g/mol. The molecule has 30 heavy (non-hydrogen) atoms. The van der Waals surface area contributed by atoms with E-state index in [-0.39, 0.29) is 22.8 Å². The van der Waals surface area contributed by atoms with Gasteiger partial charge in [0, 0.05) is 13.1 Å². The minimum atomic E-state index is -3.70. The van der Waals surface area contributed by atoms with Gasteiger partial charge in [0.2, 0.25) is 10.0 Å². The van der Waals surface area contributed by atoms with Gasteiger partial charge in [0.1, 0.15) is 5.76 Å². The highest BCUT2D eigenvalue weighted by Gasteiger charge is 2.41. The van der Waals surface area contributed by atoms with Crippen LogP contribution >= 0.6 is 0 Å². The minimum Gasteiger partial charge on any atom is -0.430 e. The van der Waals surface area contributed by atoms with Crippen molar-refractivity contribution in [2.45, 2.75) is 51.0 Å². The lowest BCUT2D eigenvalue weighted by Gasteiger charge is -2.31. The summed E-state index contributed by atoms with van der Waals surface area (Å²) < 4.78 is 33.7. The van der Waals surface area contributed by atoms with Crippen molar-refractivity contribution >= 4 is 16.0 Å². The molecule has 0 aliphatic heterocycles. The predicted molar refractivity (Wildman–Crippen MR) is 117 cm³/mol. The van der Waals surface area contributed by atoms with Crippen molar-refractivity contribution in [2.24, 2.45) is 5.41 Å². The number of hydrogen-bond donors (Lipinski definition) is 0. The second-order valence-corrected chi connectivity index (χ2v) is 10.8. The van der Waals surface area contributed by atoms with Gasteiger partial charge in [-0.1, -0.05) is 48.0 Å². The molecule has 3 rings (SSSR count). The number of benzene rings is 2. The fraction of sp³-hybridized carbons (Fsp3) is 0.375. The highest BCUT2D eigenvalue weighted by atomic mass is 32.2. The standard InChI is InChI=1S/C24H29NO4S/c1-17-11-13-19(14-12-17)30(27,28)25(5)20-15-16-21(29-23(26)24(2,3)4)22(20)18-9-7-6-8-10-18/h6-14,16,20,22H,15H2,1-5H3/t20-,22+/m0/s1. The van der Waals surface area contributed by atoms with E-state index >= 15 is 0 Å². The van der Waals surface area contributed by atoms with Crippen molar-refractivity contribution in [1.29, 1.82) is 0 Å². The lowest BCUT2D eigenvalue weighted by Crippen LogP contribution is -2.39. The van der Waals surface area contributed by atoms with E-state index in [0.29, 0.717) is 12.2 Å².